The lowest BCUT2D eigenvalue weighted by Crippen LogP contribution is -2.46. The van der Waals surface area contributed by atoms with Crippen molar-refractivity contribution in [3.63, 3.8) is 0 Å². The van der Waals surface area contributed by atoms with E-state index in [-0.39, 0.29) is 12.0 Å². The number of nitrogens with zero attached hydrogens (tertiary/aromatic N) is 1. The summed E-state index contributed by atoms with van der Waals surface area (Å²) in [6.45, 7) is 3.21. The molecule has 0 N–H and O–H groups in total. The van der Waals surface area contributed by atoms with Gasteiger partial charge >= 0.3 is 0 Å². The molecule has 1 aromatic carbocycles. The number of benzene rings is 1. The van der Waals surface area contributed by atoms with Crippen molar-refractivity contribution in [3.05, 3.63) is 29.8 Å². The van der Waals surface area contributed by atoms with Crippen LogP contribution in [0.25, 0.3) is 0 Å². The van der Waals surface area contributed by atoms with Gasteiger partial charge in [0.2, 0.25) is 5.91 Å². The van der Waals surface area contributed by atoms with Gasteiger partial charge in [0.15, 0.2) is 0 Å². The van der Waals surface area contributed by atoms with Gasteiger partial charge in [-0.25, -0.2) is 0 Å². The minimum Gasteiger partial charge on any atom is -0.497 e. The Hall–Kier alpha value is -1.55. The lowest BCUT2D eigenvalue weighted by atomic mass is 9.88. The zero-order valence-corrected chi connectivity index (χ0v) is 12.5. The third kappa shape index (κ3) is 3.51. The van der Waals surface area contributed by atoms with Crippen molar-refractivity contribution in [2.45, 2.75) is 25.9 Å². The molecule has 20 heavy (non-hydrogen) atoms. The summed E-state index contributed by atoms with van der Waals surface area (Å²) < 4.78 is 10.8. The number of likely N-dealkylation sites (tertiary alicyclic amines) is 1. The quantitative estimate of drug-likeness (QED) is 0.846. The molecule has 1 saturated heterocycles. The van der Waals surface area contributed by atoms with E-state index >= 15 is 0 Å². The number of carbonyl (C=O) groups is 1. The number of carbonyl (C=O) groups excluding carboxylic acids is 1. The molecule has 1 heterocycles. The first-order valence-corrected chi connectivity index (χ1v) is 7.05. The van der Waals surface area contributed by atoms with Gasteiger partial charge in [-0.05, 0) is 30.5 Å². The van der Waals surface area contributed by atoms with Crippen LogP contribution in [0.1, 0.15) is 18.9 Å². The summed E-state index contributed by atoms with van der Waals surface area (Å²) in [5.74, 6) is 1.37. The van der Waals surface area contributed by atoms with Crippen LogP contribution in [0.4, 0.5) is 0 Å². The fourth-order valence-corrected chi connectivity index (χ4v) is 2.87. The van der Waals surface area contributed by atoms with E-state index in [1.807, 2.05) is 17.0 Å². The molecule has 4 heteroatoms. The standard InChI is InChI=1S/C16H23NO3/c1-12(18)17-9-8-16(20-3)14(11-17)10-13-4-6-15(19-2)7-5-13/h4-7,14,16H,8-11H2,1-3H3/t14-,16+/m1/s1. The smallest absolute Gasteiger partial charge is 0.219 e. The molecule has 0 aliphatic carbocycles. The lowest BCUT2D eigenvalue weighted by molar-refractivity contribution is -0.133. The van der Waals surface area contributed by atoms with Crippen molar-refractivity contribution in [2.24, 2.45) is 5.92 Å². The summed E-state index contributed by atoms with van der Waals surface area (Å²) in [5.41, 5.74) is 1.25. The topological polar surface area (TPSA) is 38.8 Å². The van der Waals surface area contributed by atoms with E-state index in [9.17, 15) is 4.79 Å². The Morgan fingerprint density at radius 3 is 2.55 bits per heavy atom. The molecule has 1 amide bonds. The number of rotatable bonds is 4. The number of hydrogen-bond donors (Lipinski definition) is 0. The molecule has 4 nitrogen and oxygen atoms in total. The van der Waals surface area contributed by atoms with Crippen LogP contribution in [-0.2, 0) is 16.0 Å². The average Bonchev–Trinajstić information content (AvgIpc) is 2.48. The van der Waals surface area contributed by atoms with E-state index in [1.165, 1.54) is 5.56 Å². The number of ether oxygens (including phenoxy) is 2. The molecular formula is C16H23NO3. The molecule has 110 valence electrons. The largest absolute Gasteiger partial charge is 0.497 e. The molecule has 0 spiro atoms. The van der Waals surface area contributed by atoms with Gasteiger partial charge in [-0.2, -0.15) is 0 Å². The van der Waals surface area contributed by atoms with Crippen LogP contribution in [-0.4, -0.2) is 44.2 Å². The maximum Gasteiger partial charge on any atom is 0.219 e. The van der Waals surface area contributed by atoms with Crippen molar-refractivity contribution in [3.8, 4) is 5.75 Å². The third-order valence-corrected chi connectivity index (χ3v) is 4.07. The first kappa shape index (κ1) is 14.9. The highest BCUT2D eigenvalue weighted by Crippen LogP contribution is 2.24. The summed E-state index contributed by atoms with van der Waals surface area (Å²) in [7, 11) is 3.43. The molecule has 0 saturated carbocycles. The highest BCUT2D eigenvalue weighted by molar-refractivity contribution is 5.73. The van der Waals surface area contributed by atoms with Gasteiger partial charge in [-0.15, -0.1) is 0 Å². The molecule has 1 fully saturated rings. The summed E-state index contributed by atoms with van der Waals surface area (Å²) in [4.78, 5) is 13.5. The molecule has 1 aliphatic rings. The second-order valence-corrected chi connectivity index (χ2v) is 5.34. The maximum absolute atomic E-state index is 11.5. The van der Waals surface area contributed by atoms with Crippen LogP contribution in [0.5, 0.6) is 5.75 Å². The van der Waals surface area contributed by atoms with Crippen molar-refractivity contribution in [1.82, 2.24) is 4.90 Å². The van der Waals surface area contributed by atoms with E-state index in [4.69, 9.17) is 9.47 Å². The van der Waals surface area contributed by atoms with Gasteiger partial charge in [-0.1, -0.05) is 12.1 Å². The third-order valence-electron chi connectivity index (χ3n) is 4.07. The molecule has 1 aliphatic heterocycles. The average molecular weight is 277 g/mol. The molecule has 0 aromatic heterocycles. The van der Waals surface area contributed by atoms with Gasteiger partial charge in [0.05, 0.1) is 13.2 Å². The van der Waals surface area contributed by atoms with E-state index in [0.29, 0.717) is 5.92 Å². The van der Waals surface area contributed by atoms with E-state index in [2.05, 4.69) is 12.1 Å². The number of piperidine rings is 1. The highest BCUT2D eigenvalue weighted by atomic mass is 16.5. The predicted octanol–water partition coefficient (Wildman–Crippen LogP) is 2.12. The normalized spacial score (nSPS) is 22.6. The first-order valence-electron chi connectivity index (χ1n) is 7.05. The summed E-state index contributed by atoms with van der Waals surface area (Å²) >= 11 is 0. The van der Waals surface area contributed by atoms with Crippen molar-refractivity contribution in [1.29, 1.82) is 0 Å². The Bertz CT molecular complexity index is 444. The summed E-state index contributed by atoms with van der Waals surface area (Å²) in [5, 5.41) is 0. The first-order chi connectivity index (χ1) is 9.63. The number of methoxy groups -OCH3 is 2. The van der Waals surface area contributed by atoms with Crippen LogP contribution in [0.15, 0.2) is 24.3 Å². The minimum absolute atomic E-state index is 0.152. The fraction of sp³-hybridized carbons (Fsp3) is 0.562. The number of amides is 1. The fourth-order valence-electron chi connectivity index (χ4n) is 2.87. The predicted molar refractivity (Wildman–Crippen MR) is 77.9 cm³/mol. The molecule has 0 unspecified atom stereocenters. The monoisotopic (exact) mass is 277 g/mol. The van der Waals surface area contributed by atoms with Gasteiger partial charge in [0, 0.05) is 33.0 Å². The Morgan fingerprint density at radius 2 is 2.00 bits per heavy atom. The van der Waals surface area contributed by atoms with Gasteiger partial charge in [0.1, 0.15) is 5.75 Å². The zero-order chi connectivity index (χ0) is 14.5. The van der Waals surface area contributed by atoms with Crippen LogP contribution < -0.4 is 4.74 Å². The highest BCUT2D eigenvalue weighted by Gasteiger charge is 2.30. The Balaban J connectivity index is 2.04. The second-order valence-electron chi connectivity index (χ2n) is 5.34. The summed E-state index contributed by atoms with van der Waals surface area (Å²) in [6, 6.07) is 8.11. The Kier molecular flexibility index (Phi) is 5.01. The Labute approximate surface area is 120 Å². The van der Waals surface area contributed by atoms with Crippen molar-refractivity contribution < 1.29 is 14.3 Å². The zero-order valence-electron chi connectivity index (χ0n) is 12.5. The SMILES string of the molecule is COc1ccc(C[C@@H]2CN(C(C)=O)CC[C@@H]2OC)cc1. The number of hydrogen-bond acceptors (Lipinski definition) is 3. The molecule has 0 bridgehead atoms. The van der Waals surface area contributed by atoms with E-state index in [0.717, 1.165) is 31.7 Å². The molecule has 2 rings (SSSR count). The van der Waals surface area contributed by atoms with Crippen molar-refractivity contribution >= 4 is 5.91 Å². The second kappa shape index (κ2) is 6.75. The van der Waals surface area contributed by atoms with Crippen LogP contribution >= 0.6 is 0 Å². The van der Waals surface area contributed by atoms with E-state index in [1.54, 1.807) is 21.1 Å². The summed E-state index contributed by atoms with van der Waals surface area (Å²) in [6.07, 6.45) is 2.07. The van der Waals surface area contributed by atoms with E-state index < -0.39 is 0 Å². The van der Waals surface area contributed by atoms with Gasteiger partial charge < -0.3 is 14.4 Å². The Morgan fingerprint density at radius 1 is 1.30 bits per heavy atom. The van der Waals surface area contributed by atoms with Crippen LogP contribution in [0, 0.1) is 5.92 Å². The van der Waals surface area contributed by atoms with Crippen LogP contribution in [0.3, 0.4) is 0 Å². The van der Waals surface area contributed by atoms with Gasteiger partial charge in [-0.3, -0.25) is 4.79 Å². The maximum atomic E-state index is 11.5. The molecule has 2 atom stereocenters. The molecule has 0 radical (unpaired) electrons. The van der Waals surface area contributed by atoms with Crippen LogP contribution in [0.2, 0.25) is 0 Å². The van der Waals surface area contributed by atoms with Gasteiger partial charge in [0.25, 0.3) is 0 Å². The van der Waals surface area contributed by atoms with Crippen molar-refractivity contribution in [2.75, 3.05) is 27.3 Å². The lowest BCUT2D eigenvalue weighted by Gasteiger charge is -2.37. The molecule has 1 aromatic rings. The minimum atomic E-state index is 0.152. The molecular weight excluding hydrogens is 254 g/mol.